The van der Waals surface area contributed by atoms with Crippen LogP contribution in [-0.4, -0.2) is 145 Å². The molecule has 2 aliphatic heterocycles. The van der Waals surface area contributed by atoms with Crippen molar-refractivity contribution in [3.05, 3.63) is 35.9 Å². The van der Waals surface area contributed by atoms with Crippen molar-refractivity contribution in [3.8, 4) is 0 Å². The first-order valence-electron chi connectivity index (χ1n) is 19.2. The van der Waals surface area contributed by atoms with Crippen molar-refractivity contribution in [2.75, 3.05) is 20.3 Å². The van der Waals surface area contributed by atoms with Gasteiger partial charge in [0.2, 0.25) is 18.1 Å². The molecule has 22 nitrogen and oxygen atoms in total. The van der Waals surface area contributed by atoms with Crippen LogP contribution in [0.5, 0.6) is 0 Å². The average molecular weight is 972 g/mol. The topological polar surface area (TPSA) is 283 Å². The maximum atomic E-state index is 14.4. The number of benzene rings is 1. The molecule has 2 saturated heterocycles. The minimum Gasteiger partial charge on any atom is -0.465 e. The van der Waals surface area contributed by atoms with Crippen molar-refractivity contribution in [1.82, 2.24) is 5.32 Å². The normalized spacial score (nSPS) is 26.4. The van der Waals surface area contributed by atoms with Crippen LogP contribution in [-0.2, 0) is 102 Å². The number of hydrogen-bond acceptors (Lipinski definition) is 21. The molecular formula is C39H49Cl3N2O20. The van der Waals surface area contributed by atoms with E-state index in [1.54, 1.807) is 30.3 Å². The fourth-order valence-corrected chi connectivity index (χ4v) is 6.82. The number of carbonyl (C=O) groups is 8. The Morgan fingerprint density at radius 2 is 1.39 bits per heavy atom. The summed E-state index contributed by atoms with van der Waals surface area (Å²) >= 11 is 17.8. The van der Waals surface area contributed by atoms with Gasteiger partial charge in [0.05, 0.1) is 32.8 Å². The molecule has 2 heterocycles. The van der Waals surface area contributed by atoms with Crippen molar-refractivity contribution in [2.45, 2.75) is 132 Å². The van der Waals surface area contributed by atoms with Crippen LogP contribution in [0.4, 0.5) is 0 Å². The predicted molar refractivity (Wildman–Crippen MR) is 215 cm³/mol. The molecule has 25 heteroatoms. The highest BCUT2D eigenvalue weighted by Crippen LogP contribution is 2.42. The monoisotopic (exact) mass is 970 g/mol. The lowest BCUT2D eigenvalue weighted by molar-refractivity contribution is -0.366. The highest BCUT2D eigenvalue weighted by molar-refractivity contribution is 6.76. The average Bonchev–Trinajstić information content (AvgIpc) is 3.17. The molecule has 11 atom stereocenters. The van der Waals surface area contributed by atoms with E-state index >= 15 is 0 Å². The minimum atomic E-state index is -2.98. The van der Waals surface area contributed by atoms with Crippen LogP contribution in [0.3, 0.4) is 0 Å². The summed E-state index contributed by atoms with van der Waals surface area (Å²) in [7, 11) is 0.893. The Bertz CT molecular complexity index is 1870. The number of amides is 1. The molecule has 0 saturated carbocycles. The first-order valence-corrected chi connectivity index (χ1v) is 20.3. The standard InChI is InChI=1S/C39H49Cl3N2O20/c1-18(45)44-29-26(56-20(3)47)14-38(37(52)53-8,63-32(29)30(58-22(5)49)28(57-21(4)48)17-55-19(2)46)64-33-31(59-23(6)50)27(16-54-15-25-12-10-9-11-13-25)61-35(34(33)60-24(7)51)62-36(43)39(40,41)42/h9-13,26-35,43H,14-17H2,1-8H3,(H,44,45)/t26-,27+,28+,29+,30+,31-,32+,33-,34+,35-,38-/m0/s1. The Balaban J connectivity index is 2.39. The summed E-state index contributed by atoms with van der Waals surface area (Å²) in [5.74, 6) is -12.2. The summed E-state index contributed by atoms with van der Waals surface area (Å²) in [4.78, 5) is 103. The molecule has 0 aromatic heterocycles. The summed E-state index contributed by atoms with van der Waals surface area (Å²) in [6.45, 7) is 5.62. The highest BCUT2D eigenvalue weighted by Gasteiger charge is 2.63. The van der Waals surface area contributed by atoms with Gasteiger partial charge >= 0.3 is 41.8 Å². The number of ether oxygens (including phenoxy) is 12. The SMILES string of the molecule is COC(=O)[C@@]1(O[C@H]2[C@@H](OC(C)=O)[C@@H](COCc3ccccc3)O[C@@H](OC(=N)C(Cl)(Cl)Cl)[C@@H]2OC(C)=O)C[C@H](OC(C)=O)[C@@H](NC(C)=O)[C@H]([C@H](OC(C)=O)[C@@H](COC(C)=O)OC(C)=O)O1. The molecule has 0 spiro atoms. The van der Waals surface area contributed by atoms with Crippen LogP contribution in [0, 0.1) is 5.41 Å². The molecule has 1 amide bonds. The van der Waals surface area contributed by atoms with Gasteiger partial charge in [0.15, 0.2) is 24.4 Å². The van der Waals surface area contributed by atoms with E-state index in [-0.39, 0.29) is 6.61 Å². The van der Waals surface area contributed by atoms with Gasteiger partial charge in [-0.05, 0) is 5.56 Å². The van der Waals surface area contributed by atoms with Gasteiger partial charge in [0.1, 0.15) is 31.0 Å². The molecule has 64 heavy (non-hydrogen) atoms. The maximum absolute atomic E-state index is 14.4. The van der Waals surface area contributed by atoms with Crippen molar-refractivity contribution < 1.29 is 95.2 Å². The summed E-state index contributed by atoms with van der Waals surface area (Å²) in [6, 6.07) is 7.15. The molecule has 3 rings (SSSR count). The van der Waals surface area contributed by atoms with Crippen molar-refractivity contribution in [3.63, 3.8) is 0 Å². The number of rotatable bonds is 18. The molecule has 1 aromatic carbocycles. The van der Waals surface area contributed by atoms with E-state index in [1.807, 2.05) is 0 Å². The minimum absolute atomic E-state index is 0.0399. The molecule has 0 bridgehead atoms. The van der Waals surface area contributed by atoms with Gasteiger partial charge in [-0.2, -0.15) is 0 Å². The van der Waals surface area contributed by atoms with Crippen molar-refractivity contribution >= 4 is 88.4 Å². The van der Waals surface area contributed by atoms with Crippen molar-refractivity contribution in [2.24, 2.45) is 0 Å². The van der Waals surface area contributed by atoms with Gasteiger partial charge in [-0.1, -0.05) is 65.1 Å². The molecule has 2 aliphatic rings. The van der Waals surface area contributed by atoms with E-state index in [9.17, 15) is 38.4 Å². The lowest BCUT2D eigenvalue weighted by Gasteiger charge is -2.51. The van der Waals surface area contributed by atoms with E-state index in [1.165, 1.54) is 0 Å². The third-order valence-corrected chi connectivity index (χ3v) is 9.42. The smallest absolute Gasteiger partial charge is 0.366 e. The van der Waals surface area contributed by atoms with E-state index in [0.29, 0.717) is 5.56 Å². The maximum Gasteiger partial charge on any atom is 0.366 e. The second kappa shape index (κ2) is 23.9. The summed E-state index contributed by atoms with van der Waals surface area (Å²) in [5, 5.41) is 10.9. The second-order valence-electron chi connectivity index (χ2n) is 14.1. The lowest BCUT2D eigenvalue weighted by Crippen LogP contribution is -2.72. The zero-order chi connectivity index (χ0) is 48.1. The summed E-state index contributed by atoms with van der Waals surface area (Å²) in [5.41, 5.74) is 0.693. The van der Waals surface area contributed by atoms with E-state index in [2.05, 4.69) is 5.32 Å². The second-order valence-corrected chi connectivity index (χ2v) is 16.4. The lowest BCUT2D eigenvalue weighted by atomic mass is 9.87. The van der Waals surface area contributed by atoms with Gasteiger partial charge in [-0.25, -0.2) is 4.79 Å². The molecule has 2 N–H and O–H groups in total. The number of hydrogen-bond donors (Lipinski definition) is 2. The third-order valence-electron chi connectivity index (χ3n) is 8.90. The Hall–Kier alpha value is -4.84. The molecular weight excluding hydrogens is 923 g/mol. The number of alkyl halides is 3. The van der Waals surface area contributed by atoms with Crippen LogP contribution in [0.25, 0.3) is 0 Å². The fourth-order valence-electron chi connectivity index (χ4n) is 6.68. The number of nitrogens with one attached hydrogen (secondary N) is 2. The number of halogens is 3. The van der Waals surface area contributed by atoms with Gasteiger partial charge in [0, 0.05) is 48.5 Å². The van der Waals surface area contributed by atoms with Crippen LogP contribution in [0.2, 0.25) is 0 Å². The van der Waals surface area contributed by atoms with E-state index in [0.717, 1.165) is 55.6 Å². The Morgan fingerprint density at radius 1 is 0.797 bits per heavy atom. The Labute approximate surface area is 381 Å². The largest absolute Gasteiger partial charge is 0.465 e. The van der Waals surface area contributed by atoms with E-state index < -0.39 is 144 Å². The zero-order valence-electron chi connectivity index (χ0n) is 35.8. The summed E-state index contributed by atoms with van der Waals surface area (Å²) in [6.07, 6.45) is -17.6. The van der Waals surface area contributed by atoms with Crippen LogP contribution in [0.1, 0.15) is 60.5 Å². The summed E-state index contributed by atoms with van der Waals surface area (Å²) < 4.78 is 66.2. The van der Waals surface area contributed by atoms with Crippen LogP contribution in [0.15, 0.2) is 30.3 Å². The molecule has 0 radical (unpaired) electrons. The molecule has 0 unspecified atom stereocenters. The Kier molecular flexibility index (Phi) is 20.0. The quantitative estimate of drug-likeness (QED) is 0.0700. The van der Waals surface area contributed by atoms with Gasteiger partial charge in [-0.15, -0.1) is 0 Å². The van der Waals surface area contributed by atoms with E-state index in [4.69, 9.17) is 97.1 Å². The van der Waals surface area contributed by atoms with Crippen molar-refractivity contribution in [1.29, 1.82) is 5.41 Å². The third kappa shape index (κ3) is 15.7. The molecule has 1 aromatic rings. The van der Waals surface area contributed by atoms with Gasteiger partial charge in [-0.3, -0.25) is 39.0 Å². The predicted octanol–water partition coefficient (Wildman–Crippen LogP) is 2.06. The first-order chi connectivity index (χ1) is 29.9. The first kappa shape index (κ1) is 53.5. The molecule has 0 aliphatic carbocycles. The Morgan fingerprint density at radius 3 is 1.91 bits per heavy atom. The molecule has 2 fully saturated rings. The fraction of sp³-hybridized carbons (Fsp3) is 0.615. The van der Waals surface area contributed by atoms with Crippen LogP contribution < -0.4 is 5.32 Å². The van der Waals surface area contributed by atoms with Gasteiger partial charge in [0.25, 0.3) is 9.58 Å². The number of carbonyl (C=O) groups excluding carboxylic acids is 8. The molecule has 356 valence electrons. The zero-order valence-corrected chi connectivity index (χ0v) is 38.1. The van der Waals surface area contributed by atoms with Crippen LogP contribution >= 0.6 is 34.8 Å². The highest BCUT2D eigenvalue weighted by atomic mass is 35.6. The van der Waals surface area contributed by atoms with Gasteiger partial charge < -0.3 is 62.2 Å². The number of esters is 7. The number of methoxy groups -OCH3 is 1.